The highest BCUT2D eigenvalue weighted by molar-refractivity contribution is 5.12. The summed E-state index contributed by atoms with van der Waals surface area (Å²) < 4.78 is 0. The first kappa shape index (κ1) is 10.8. The molecule has 1 unspecified atom stereocenters. The summed E-state index contributed by atoms with van der Waals surface area (Å²) in [6, 6.07) is 4.32. The van der Waals surface area contributed by atoms with Crippen LogP contribution in [0.5, 0.6) is 0 Å². The molecule has 0 aliphatic rings. The van der Waals surface area contributed by atoms with Gasteiger partial charge in [0.05, 0.1) is 0 Å². The van der Waals surface area contributed by atoms with Gasteiger partial charge in [-0.15, -0.1) is 0 Å². The molecule has 0 aliphatic carbocycles. The Labute approximate surface area is 94.3 Å². The van der Waals surface area contributed by atoms with Crippen molar-refractivity contribution in [1.29, 1.82) is 0 Å². The molecule has 0 bridgehead atoms. The van der Waals surface area contributed by atoms with E-state index in [1.165, 1.54) is 11.9 Å². The number of hydrogen-bond acceptors (Lipinski definition) is 4. The van der Waals surface area contributed by atoms with Gasteiger partial charge in [0, 0.05) is 31.4 Å². The summed E-state index contributed by atoms with van der Waals surface area (Å²) >= 11 is 0. The molecule has 84 valence electrons. The minimum atomic E-state index is 0.302. The van der Waals surface area contributed by atoms with Gasteiger partial charge < -0.3 is 5.32 Å². The maximum Gasteiger partial charge on any atom is 0.137 e. The molecule has 0 radical (unpaired) electrons. The van der Waals surface area contributed by atoms with Crippen LogP contribution < -0.4 is 5.32 Å². The Morgan fingerprint density at radius 1 is 1.50 bits per heavy atom. The van der Waals surface area contributed by atoms with Crippen molar-refractivity contribution in [2.45, 2.75) is 19.4 Å². The van der Waals surface area contributed by atoms with Gasteiger partial charge in [0.25, 0.3) is 0 Å². The summed E-state index contributed by atoms with van der Waals surface area (Å²) in [5, 5.41) is 10.1. The summed E-state index contributed by atoms with van der Waals surface area (Å²) in [5.41, 5.74) is 1.19. The minimum absolute atomic E-state index is 0.302. The molecule has 5 heteroatoms. The quantitative estimate of drug-likeness (QED) is 0.787. The van der Waals surface area contributed by atoms with Gasteiger partial charge in [0.2, 0.25) is 0 Å². The van der Waals surface area contributed by atoms with E-state index in [1.54, 1.807) is 6.20 Å². The van der Waals surface area contributed by atoms with Gasteiger partial charge in [0.15, 0.2) is 0 Å². The van der Waals surface area contributed by atoms with Crippen LogP contribution in [0.1, 0.15) is 24.4 Å². The largest absolute Gasteiger partial charge is 0.310 e. The lowest BCUT2D eigenvalue weighted by atomic mass is 10.1. The predicted octanol–water partition coefficient (Wildman–Crippen LogP) is 1.09. The third kappa shape index (κ3) is 2.87. The van der Waals surface area contributed by atoms with E-state index >= 15 is 0 Å². The minimum Gasteiger partial charge on any atom is -0.310 e. The molecule has 2 aromatic heterocycles. The SMILES string of the molecule is CC(NCCc1ncn[nH]1)c1cccnc1. The smallest absolute Gasteiger partial charge is 0.137 e. The average molecular weight is 217 g/mol. The Balaban J connectivity index is 1.78. The van der Waals surface area contributed by atoms with Gasteiger partial charge in [0.1, 0.15) is 12.2 Å². The lowest BCUT2D eigenvalue weighted by Crippen LogP contribution is -2.21. The van der Waals surface area contributed by atoms with Crippen molar-refractivity contribution in [3.8, 4) is 0 Å². The first-order chi connectivity index (χ1) is 7.86. The number of nitrogens with one attached hydrogen (secondary N) is 2. The highest BCUT2D eigenvalue weighted by Gasteiger charge is 2.04. The van der Waals surface area contributed by atoms with Gasteiger partial charge in [-0.2, -0.15) is 5.10 Å². The van der Waals surface area contributed by atoms with Crippen molar-refractivity contribution < 1.29 is 0 Å². The molecule has 0 aromatic carbocycles. The zero-order valence-electron chi connectivity index (χ0n) is 9.22. The van der Waals surface area contributed by atoms with Gasteiger partial charge in [-0.05, 0) is 18.6 Å². The Morgan fingerprint density at radius 2 is 2.44 bits per heavy atom. The van der Waals surface area contributed by atoms with Crippen LogP contribution in [0.2, 0.25) is 0 Å². The molecule has 16 heavy (non-hydrogen) atoms. The monoisotopic (exact) mass is 217 g/mol. The summed E-state index contributed by atoms with van der Waals surface area (Å²) in [5.74, 6) is 0.908. The lowest BCUT2D eigenvalue weighted by molar-refractivity contribution is 0.569. The third-order valence-corrected chi connectivity index (χ3v) is 2.46. The van der Waals surface area contributed by atoms with Crippen LogP contribution in [0.15, 0.2) is 30.9 Å². The maximum atomic E-state index is 4.10. The number of aromatic nitrogens is 4. The molecular weight excluding hydrogens is 202 g/mol. The normalized spacial score (nSPS) is 12.6. The second-order valence-electron chi connectivity index (χ2n) is 3.64. The Kier molecular flexibility index (Phi) is 3.61. The first-order valence-electron chi connectivity index (χ1n) is 5.34. The Bertz CT molecular complexity index is 398. The van der Waals surface area contributed by atoms with Gasteiger partial charge >= 0.3 is 0 Å². The summed E-state index contributed by atoms with van der Waals surface area (Å²) in [6.45, 7) is 2.99. The highest BCUT2D eigenvalue weighted by Crippen LogP contribution is 2.09. The number of aromatic amines is 1. The molecule has 2 rings (SSSR count). The number of hydrogen-bond donors (Lipinski definition) is 2. The molecule has 0 fully saturated rings. The van der Waals surface area contributed by atoms with E-state index in [2.05, 4.69) is 38.5 Å². The molecule has 0 aliphatic heterocycles. The van der Waals surface area contributed by atoms with E-state index in [4.69, 9.17) is 0 Å². The molecule has 0 saturated carbocycles. The van der Waals surface area contributed by atoms with Gasteiger partial charge in [-0.25, -0.2) is 4.98 Å². The van der Waals surface area contributed by atoms with E-state index in [0.717, 1.165) is 18.8 Å². The standard InChI is InChI=1S/C11H15N5/c1-9(10-3-2-5-12-7-10)13-6-4-11-14-8-15-16-11/h2-3,5,7-9,13H,4,6H2,1H3,(H,14,15,16). The fourth-order valence-corrected chi connectivity index (χ4v) is 1.51. The molecule has 0 amide bonds. The van der Waals surface area contributed by atoms with Crippen LogP contribution in [-0.4, -0.2) is 26.7 Å². The van der Waals surface area contributed by atoms with Crippen LogP contribution in [0.3, 0.4) is 0 Å². The number of H-pyrrole nitrogens is 1. The molecule has 2 heterocycles. The second kappa shape index (κ2) is 5.37. The van der Waals surface area contributed by atoms with Gasteiger partial charge in [-0.3, -0.25) is 10.1 Å². The zero-order chi connectivity index (χ0) is 11.2. The molecule has 2 aromatic rings. The Hall–Kier alpha value is -1.75. The number of pyridine rings is 1. The van der Waals surface area contributed by atoms with Gasteiger partial charge in [-0.1, -0.05) is 6.07 Å². The van der Waals surface area contributed by atoms with Crippen molar-refractivity contribution >= 4 is 0 Å². The third-order valence-electron chi connectivity index (χ3n) is 2.46. The van der Waals surface area contributed by atoms with Crippen molar-refractivity contribution in [1.82, 2.24) is 25.5 Å². The fourth-order valence-electron chi connectivity index (χ4n) is 1.51. The number of nitrogens with zero attached hydrogens (tertiary/aromatic N) is 3. The van der Waals surface area contributed by atoms with Crippen molar-refractivity contribution in [2.24, 2.45) is 0 Å². The van der Waals surface area contributed by atoms with E-state index < -0.39 is 0 Å². The van der Waals surface area contributed by atoms with Crippen LogP contribution in [0, 0.1) is 0 Å². The van der Waals surface area contributed by atoms with Crippen molar-refractivity contribution in [2.75, 3.05) is 6.54 Å². The summed E-state index contributed by atoms with van der Waals surface area (Å²) in [4.78, 5) is 8.16. The molecule has 0 spiro atoms. The molecule has 0 saturated heterocycles. The second-order valence-corrected chi connectivity index (χ2v) is 3.64. The van der Waals surface area contributed by atoms with E-state index in [-0.39, 0.29) is 0 Å². The van der Waals surface area contributed by atoms with Crippen LogP contribution in [0.25, 0.3) is 0 Å². The molecule has 1 atom stereocenters. The number of rotatable bonds is 5. The van der Waals surface area contributed by atoms with Crippen LogP contribution >= 0.6 is 0 Å². The summed E-state index contributed by atoms with van der Waals surface area (Å²) in [7, 11) is 0. The maximum absolute atomic E-state index is 4.10. The fraction of sp³-hybridized carbons (Fsp3) is 0.364. The molecular formula is C11H15N5. The average Bonchev–Trinajstić information content (AvgIpc) is 2.83. The topological polar surface area (TPSA) is 66.5 Å². The van der Waals surface area contributed by atoms with Crippen molar-refractivity contribution in [3.63, 3.8) is 0 Å². The molecule has 2 N–H and O–H groups in total. The lowest BCUT2D eigenvalue weighted by Gasteiger charge is -2.12. The zero-order valence-corrected chi connectivity index (χ0v) is 9.22. The predicted molar refractivity (Wildman–Crippen MR) is 60.7 cm³/mol. The van der Waals surface area contributed by atoms with E-state index in [0.29, 0.717) is 6.04 Å². The Morgan fingerprint density at radius 3 is 3.12 bits per heavy atom. The van der Waals surface area contributed by atoms with Crippen molar-refractivity contribution in [3.05, 3.63) is 42.2 Å². The highest BCUT2D eigenvalue weighted by atomic mass is 15.2. The summed E-state index contributed by atoms with van der Waals surface area (Å²) in [6.07, 6.45) is 6.04. The molecule has 5 nitrogen and oxygen atoms in total. The van der Waals surface area contributed by atoms with E-state index in [1.807, 2.05) is 12.3 Å². The first-order valence-corrected chi connectivity index (χ1v) is 5.34. The van der Waals surface area contributed by atoms with E-state index in [9.17, 15) is 0 Å². The van der Waals surface area contributed by atoms with Crippen LogP contribution in [-0.2, 0) is 6.42 Å². The van der Waals surface area contributed by atoms with Crippen LogP contribution in [0.4, 0.5) is 0 Å².